The highest BCUT2D eigenvalue weighted by atomic mass is 16.5. The summed E-state index contributed by atoms with van der Waals surface area (Å²) >= 11 is 0. The highest BCUT2D eigenvalue weighted by Gasteiger charge is 2.21. The van der Waals surface area contributed by atoms with E-state index in [1.165, 1.54) is 11.1 Å². The van der Waals surface area contributed by atoms with Crippen LogP contribution in [0, 0.1) is 0 Å². The van der Waals surface area contributed by atoms with Crippen LogP contribution in [0.4, 0.5) is 4.79 Å². The Hall–Kier alpha value is -2.53. The number of amides is 2. The largest absolute Gasteiger partial charge is 0.493 e. The SMILES string of the molecule is O=C(NCc1ccc(-c2ccc3c(c2)CCO3)cc1)N1CCCC(O)C1. The number of ether oxygens (including phenoxy) is 1. The molecule has 2 heterocycles. The molecule has 0 radical (unpaired) electrons. The molecule has 4 rings (SSSR count). The number of likely N-dealkylation sites (tertiary alicyclic amines) is 1. The van der Waals surface area contributed by atoms with Crippen LogP contribution in [0.2, 0.25) is 0 Å². The Labute approximate surface area is 153 Å². The predicted octanol–water partition coefficient (Wildman–Crippen LogP) is 2.95. The van der Waals surface area contributed by atoms with Crippen molar-refractivity contribution in [1.82, 2.24) is 10.2 Å². The second-order valence-corrected chi connectivity index (χ2v) is 7.02. The van der Waals surface area contributed by atoms with Crippen molar-refractivity contribution < 1.29 is 14.6 Å². The normalized spacial score (nSPS) is 19.0. The maximum Gasteiger partial charge on any atom is 0.317 e. The number of hydrogen-bond acceptors (Lipinski definition) is 3. The molecule has 0 saturated carbocycles. The minimum Gasteiger partial charge on any atom is -0.493 e. The number of hydrogen-bond donors (Lipinski definition) is 2. The average Bonchev–Trinajstić information content (AvgIpc) is 3.14. The number of carbonyl (C=O) groups excluding carboxylic acids is 1. The number of nitrogens with one attached hydrogen (secondary N) is 1. The van der Waals surface area contributed by atoms with E-state index in [2.05, 4.69) is 29.6 Å². The molecule has 1 saturated heterocycles. The van der Waals surface area contributed by atoms with Gasteiger partial charge in [-0.3, -0.25) is 0 Å². The van der Waals surface area contributed by atoms with E-state index in [9.17, 15) is 9.90 Å². The van der Waals surface area contributed by atoms with E-state index in [1.54, 1.807) is 4.90 Å². The van der Waals surface area contributed by atoms with Gasteiger partial charge in [-0.2, -0.15) is 0 Å². The van der Waals surface area contributed by atoms with Crippen LogP contribution in [-0.4, -0.2) is 41.8 Å². The van der Waals surface area contributed by atoms with Crippen molar-refractivity contribution in [3.63, 3.8) is 0 Å². The molecule has 5 heteroatoms. The Morgan fingerprint density at radius 3 is 2.81 bits per heavy atom. The second kappa shape index (κ2) is 7.38. The molecule has 1 atom stereocenters. The lowest BCUT2D eigenvalue weighted by Crippen LogP contribution is -2.46. The van der Waals surface area contributed by atoms with E-state index in [1.807, 2.05) is 18.2 Å². The van der Waals surface area contributed by atoms with Crippen LogP contribution in [0.3, 0.4) is 0 Å². The zero-order chi connectivity index (χ0) is 17.9. The first kappa shape index (κ1) is 16.9. The predicted molar refractivity (Wildman–Crippen MR) is 100 cm³/mol. The van der Waals surface area contributed by atoms with Gasteiger partial charge in [0.2, 0.25) is 0 Å². The Bertz CT molecular complexity index is 788. The zero-order valence-electron chi connectivity index (χ0n) is 14.8. The smallest absolute Gasteiger partial charge is 0.317 e. The summed E-state index contributed by atoms with van der Waals surface area (Å²) in [6.07, 6.45) is 2.21. The van der Waals surface area contributed by atoms with E-state index in [0.717, 1.165) is 42.7 Å². The number of β-amino-alcohol motifs (C(OH)–C–C–N with tert-alkyl or cyclic N) is 1. The highest BCUT2D eigenvalue weighted by Crippen LogP contribution is 2.30. The summed E-state index contributed by atoms with van der Waals surface area (Å²) in [4.78, 5) is 13.9. The molecule has 1 fully saturated rings. The second-order valence-electron chi connectivity index (χ2n) is 7.02. The minimum absolute atomic E-state index is 0.105. The van der Waals surface area contributed by atoms with Crippen molar-refractivity contribution in [2.45, 2.75) is 31.9 Å². The zero-order valence-corrected chi connectivity index (χ0v) is 14.8. The van der Waals surface area contributed by atoms with E-state index in [4.69, 9.17) is 4.74 Å². The third kappa shape index (κ3) is 3.68. The Balaban J connectivity index is 1.36. The van der Waals surface area contributed by atoms with Gasteiger partial charge in [0, 0.05) is 26.1 Å². The Morgan fingerprint density at radius 2 is 2.00 bits per heavy atom. The van der Waals surface area contributed by atoms with E-state index < -0.39 is 6.10 Å². The number of aliphatic hydroxyl groups excluding tert-OH is 1. The summed E-state index contributed by atoms with van der Waals surface area (Å²) in [5.74, 6) is 0.996. The molecule has 0 bridgehead atoms. The maximum atomic E-state index is 12.2. The summed E-state index contributed by atoms with van der Waals surface area (Å²) in [5, 5.41) is 12.6. The van der Waals surface area contributed by atoms with Crippen molar-refractivity contribution in [3.05, 3.63) is 53.6 Å². The fraction of sp³-hybridized carbons (Fsp3) is 0.381. The van der Waals surface area contributed by atoms with Crippen LogP contribution in [0.1, 0.15) is 24.0 Å². The topological polar surface area (TPSA) is 61.8 Å². The summed E-state index contributed by atoms with van der Waals surface area (Å²) in [7, 11) is 0. The van der Waals surface area contributed by atoms with E-state index >= 15 is 0 Å². The molecule has 136 valence electrons. The monoisotopic (exact) mass is 352 g/mol. The third-order valence-corrected chi connectivity index (χ3v) is 5.10. The number of rotatable bonds is 3. The Kier molecular flexibility index (Phi) is 4.80. The standard InChI is InChI=1S/C21H24N2O3/c24-19-2-1-10-23(14-19)21(25)22-13-15-3-5-16(6-4-15)17-7-8-20-18(12-17)9-11-26-20/h3-8,12,19,24H,1-2,9-11,13-14H2,(H,22,25). The van der Waals surface area contributed by atoms with Crippen LogP contribution >= 0.6 is 0 Å². The fourth-order valence-electron chi connectivity index (χ4n) is 3.61. The van der Waals surface area contributed by atoms with Gasteiger partial charge in [-0.15, -0.1) is 0 Å². The van der Waals surface area contributed by atoms with Gasteiger partial charge in [-0.05, 0) is 47.2 Å². The maximum absolute atomic E-state index is 12.2. The van der Waals surface area contributed by atoms with Crippen LogP contribution in [-0.2, 0) is 13.0 Å². The molecule has 2 aliphatic rings. The van der Waals surface area contributed by atoms with Crippen molar-refractivity contribution in [2.24, 2.45) is 0 Å². The minimum atomic E-state index is -0.397. The molecule has 1 unspecified atom stereocenters. The number of benzene rings is 2. The Morgan fingerprint density at radius 1 is 1.19 bits per heavy atom. The van der Waals surface area contributed by atoms with Gasteiger partial charge in [0.15, 0.2) is 0 Å². The third-order valence-electron chi connectivity index (χ3n) is 5.10. The van der Waals surface area contributed by atoms with Crippen LogP contribution in [0.5, 0.6) is 5.75 Å². The van der Waals surface area contributed by atoms with E-state index in [-0.39, 0.29) is 6.03 Å². The molecule has 2 aromatic carbocycles. The molecule has 2 N–H and O–H groups in total. The van der Waals surface area contributed by atoms with Gasteiger partial charge in [0.25, 0.3) is 0 Å². The molecular formula is C21H24N2O3. The number of carbonyl (C=O) groups is 1. The molecule has 5 nitrogen and oxygen atoms in total. The van der Waals surface area contributed by atoms with Gasteiger partial charge in [0.05, 0.1) is 12.7 Å². The highest BCUT2D eigenvalue weighted by molar-refractivity contribution is 5.74. The van der Waals surface area contributed by atoms with Gasteiger partial charge in [0.1, 0.15) is 5.75 Å². The summed E-state index contributed by atoms with van der Waals surface area (Å²) in [6, 6.07) is 14.5. The first-order chi connectivity index (χ1) is 12.7. The molecular weight excluding hydrogens is 328 g/mol. The molecule has 0 aromatic heterocycles. The molecule has 0 spiro atoms. The van der Waals surface area contributed by atoms with Crippen LogP contribution in [0.15, 0.2) is 42.5 Å². The molecule has 2 aromatic rings. The number of urea groups is 1. The van der Waals surface area contributed by atoms with Crippen molar-refractivity contribution in [3.8, 4) is 16.9 Å². The molecule has 2 aliphatic heterocycles. The van der Waals surface area contributed by atoms with E-state index in [0.29, 0.717) is 19.6 Å². The quantitative estimate of drug-likeness (QED) is 0.893. The van der Waals surface area contributed by atoms with Crippen molar-refractivity contribution in [1.29, 1.82) is 0 Å². The fourth-order valence-corrected chi connectivity index (χ4v) is 3.61. The van der Waals surface area contributed by atoms with Crippen molar-refractivity contribution >= 4 is 6.03 Å². The van der Waals surface area contributed by atoms with Crippen LogP contribution in [0.25, 0.3) is 11.1 Å². The van der Waals surface area contributed by atoms with Gasteiger partial charge < -0.3 is 20.1 Å². The number of aliphatic hydroxyl groups is 1. The summed E-state index contributed by atoms with van der Waals surface area (Å²) in [6.45, 7) is 2.39. The lowest BCUT2D eigenvalue weighted by atomic mass is 10.0. The van der Waals surface area contributed by atoms with Gasteiger partial charge in [-0.25, -0.2) is 4.79 Å². The van der Waals surface area contributed by atoms with Crippen molar-refractivity contribution in [2.75, 3.05) is 19.7 Å². The average molecular weight is 352 g/mol. The first-order valence-corrected chi connectivity index (χ1v) is 9.25. The molecule has 0 aliphatic carbocycles. The summed E-state index contributed by atoms with van der Waals surface area (Å²) in [5.41, 5.74) is 4.67. The number of fused-ring (bicyclic) bond motifs is 1. The van der Waals surface area contributed by atoms with Gasteiger partial charge >= 0.3 is 6.03 Å². The lowest BCUT2D eigenvalue weighted by molar-refractivity contribution is 0.0842. The molecule has 2 amide bonds. The number of piperidine rings is 1. The first-order valence-electron chi connectivity index (χ1n) is 9.25. The molecule has 26 heavy (non-hydrogen) atoms. The lowest BCUT2D eigenvalue weighted by Gasteiger charge is -2.30. The summed E-state index contributed by atoms with van der Waals surface area (Å²) < 4.78 is 5.56. The van der Waals surface area contributed by atoms with Gasteiger partial charge in [-0.1, -0.05) is 30.3 Å². The number of nitrogens with zero attached hydrogens (tertiary/aromatic N) is 1. The van der Waals surface area contributed by atoms with Crippen LogP contribution < -0.4 is 10.1 Å².